The van der Waals surface area contributed by atoms with E-state index < -0.39 is 10.0 Å². The maximum Gasteiger partial charge on any atom is 0.238 e. The van der Waals surface area contributed by atoms with Crippen molar-refractivity contribution in [3.63, 3.8) is 0 Å². The average Bonchev–Trinajstić information content (AvgIpc) is 2.38. The molecule has 0 amide bonds. The standard InChI is InChI=1S/C14H22N2O3S/c1-12-11-13(5-6-14(12)20(15,17)18)19-10-9-16-7-3-2-4-8-16/h5-6,11H,2-4,7-10H2,1H3,(H2,15,17,18). The van der Waals surface area contributed by atoms with Gasteiger partial charge in [-0.25, -0.2) is 13.6 Å². The fourth-order valence-corrected chi connectivity index (χ4v) is 3.27. The number of likely N-dealkylation sites (tertiary alicyclic amines) is 1. The monoisotopic (exact) mass is 298 g/mol. The predicted octanol–water partition coefficient (Wildman–Crippen LogP) is 1.51. The Morgan fingerprint density at radius 1 is 1.25 bits per heavy atom. The van der Waals surface area contributed by atoms with E-state index in [2.05, 4.69) is 4.90 Å². The van der Waals surface area contributed by atoms with E-state index in [4.69, 9.17) is 9.88 Å². The van der Waals surface area contributed by atoms with Crippen molar-refractivity contribution in [3.8, 4) is 5.75 Å². The topological polar surface area (TPSA) is 72.6 Å². The highest BCUT2D eigenvalue weighted by Crippen LogP contribution is 2.20. The molecule has 1 fully saturated rings. The summed E-state index contributed by atoms with van der Waals surface area (Å²) >= 11 is 0. The van der Waals surface area contributed by atoms with E-state index in [1.165, 1.54) is 25.3 Å². The fraction of sp³-hybridized carbons (Fsp3) is 0.571. The van der Waals surface area contributed by atoms with Gasteiger partial charge in [0, 0.05) is 6.54 Å². The second kappa shape index (κ2) is 6.56. The normalized spacial score (nSPS) is 17.1. The molecule has 0 aromatic heterocycles. The number of ether oxygens (including phenoxy) is 1. The maximum absolute atomic E-state index is 11.3. The SMILES string of the molecule is Cc1cc(OCCN2CCCCC2)ccc1S(N)(=O)=O. The second-order valence-electron chi connectivity index (χ2n) is 5.22. The van der Waals surface area contributed by atoms with Gasteiger partial charge in [0.2, 0.25) is 10.0 Å². The Hall–Kier alpha value is -1.11. The van der Waals surface area contributed by atoms with Crippen molar-refractivity contribution in [3.05, 3.63) is 23.8 Å². The molecule has 20 heavy (non-hydrogen) atoms. The van der Waals surface area contributed by atoms with Crippen LogP contribution in [0.3, 0.4) is 0 Å². The Morgan fingerprint density at radius 2 is 1.95 bits per heavy atom. The highest BCUT2D eigenvalue weighted by Gasteiger charge is 2.12. The van der Waals surface area contributed by atoms with Gasteiger partial charge in [-0.3, -0.25) is 4.90 Å². The minimum Gasteiger partial charge on any atom is -0.492 e. The summed E-state index contributed by atoms with van der Waals surface area (Å²) in [4.78, 5) is 2.55. The number of aryl methyl sites for hydroxylation is 1. The molecule has 0 radical (unpaired) electrons. The first-order valence-electron chi connectivity index (χ1n) is 6.95. The number of primary sulfonamides is 1. The van der Waals surface area contributed by atoms with Crippen LogP contribution in [0.5, 0.6) is 5.75 Å². The van der Waals surface area contributed by atoms with Crippen LogP contribution in [0.2, 0.25) is 0 Å². The minimum atomic E-state index is -3.65. The van der Waals surface area contributed by atoms with Gasteiger partial charge in [-0.05, 0) is 56.6 Å². The summed E-state index contributed by atoms with van der Waals surface area (Å²) in [7, 11) is -3.65. The van der Waals surface area contributed by atoms with E-state index in [1.807, 2.05) is 0 Å². The lowest BCUT2D eigenvalue weighted by Crippen LogP contribution is -2.33. The largest absolute Gasteiger partial charge is 0.492 e. The Kier molecular flexibility index (Phi) is 5.01. The highest BCUT2D eigenvalue weighted by molar-refractivity contribution is 7.89. The quantitative estimate of drug-likeness (QED) is 0.894. The Balaban J connectivity index is 1.89. The molecular formula is C14H22N2O3S. The zero-order valence-electron chi connectivity index (χ0n) is 11.8. The molecule has 1 heterocycles. The summed E-state index contributed by atoms with van der Waals surface area (Å²) in [5.74, 6) is 0.687. The van der Waals surface area contributed by atoms with Crippen LogP contribution >= 0.6 is 0 Å². The molecule has 1 saturated heterocycles. The molecule has 0 spiro atoms. The first kappa shape index (κ1) is 15.3. The first-order valence-corrected chi connectivity index (χ1v) is 8.50. The van der Waals surface area contributed by atoms with Crippen LogP contribution < -0.4 is 9.88 Å². The summed E-state index contributed by atoms with van der Waals surface area (Å²) < 4.78 is 28.3. The summed E-state index contributed by atoms with van der Waals surface area (Å²) in [5, 5.41) is 5.13. The minimum absolute atomic E-state index is 0.154. The van der Waals surface area contributed by atoms with Gasteiger partial charge in [-0.2, -0.15) is 0 Å². The third-order valence-corrected chi connectivity index (χ3v) is 4.65. The van der Waals surface area contributed by atoms with Gasteiger partial charge < -0.3 is 4.74 Å². The van der Waals surface area contributed by atoms with E-state index in [0.29, 0.717) is 17.9 Å². The number of rotatable bonds is 5. The Labute approximate surface area is 120 Å². The number of nitrogens with two attached hydrogens (primary N) is 1. The number of benzene rings is 1. The Morgan fingerprint density at radius 3 is 2.55 bits per heavy atom. The molecule has 1 aromatic carbocycles. The van der Waals surface area contributed by atoms with Gasteiger partial charge >= 0.3 is 0 Å². The molecule has 0 unspecified atom stereocenters. The molecule has 2 rings (SSSR count). The van der Waals surface area contributed by atoms with Crippen molar-refractivity contribution in [2.45, 2.75) is 31.1 Å². The maximum atomic E-state index is 11.3. The van der Waals surface area contributed by atoms with Crippen molar-refractivity contribution < 1.29 is 13.2 Å². The summed E-state index contributed by atoms with van der Waals surface area (Å²) in [6.45, 7) is 5.54. The predicted molar refractivity (Wildman–Crippen MR) is 78.3 cm³/mol. The smallest absolute Gasteiger partial charge is 0.238 e. The molecule has 1 aliphatic rings. The molecule has 5 nitrogen and oxygen atoms in total. The molecular weight excluding hydrogens is 276 g/mol. The van der Waals surface area contributed by atoms with Crippen LogP contribution in [0.15, 0.2) is 23.1 Å². The molecule has 1 aromatic rings. The summed E-state index contributed by atoms with van der Waals surface area (Å²) in [6.07, 6.45) is 3.86. The number of piperidine rings is 1. The van der Waals surface area contributed by atoms with Gasteiger partial charge in [0.05, 0.1) is 4.90 Å². The van der Waals surface area contributed by atoms with Gasteiger partial charge in [0.25, 0.3) is 0 Å². The van der Waals surface area contributed by atoms with Crippen LogP contribution in [0.25, 0.3) is 0 Å². The molecule has 0 atom stereocenters. The fourth-order valence-electron chi connectivity index (χ4n) is 2.51. The molecule has 0 bridgehead atoms. The first-order chi connectivity index (χ1) is 9.47. The number of hydrogen-bond donors (Lipinski definition) is 1. The molecule has 0 saturated carbocycles. The molecule has 6 heteroatoms. The van der Waals surface area contributed by atoms with Crippen LogP contribution in [0.4, 0.5) is 0 Å². The van der Waals surface area contributed by atoms with Crippen molar-refractivity contribution >= 4 is 10.0 Å². The van der Waals surface area contributed by atoms with Crippen LogP contribution in [0, 0.1) is 6.92 Å². The third-order valence-electron chi connectivity index (χ3n) is 3.58. The highest BCUT2D eigenvalue weighted by atomic mass is 32.2. The summed E-state index contributed by atoms with van der Waals surface area (Å²) in [5.41, 5.74) is 0.614. The van der Waals surface area contributed by atoms with E-state index in [9.17, 15) is 8.42 Å². The Bertz CT molecular complexity index is 552. The zero-order valence-corrected chi connectivity index (χ0v) is 12.7. The van der Waals surface area contributed by atoms with E-state index in [0.717, 1.165) is 19.6 Å². The van der Waals surface area contributed by atoms with Gasteiger partial charge in [-0.1, -0.05) is 6.42 Å². The average molecular weight is 298 g/mol. The third kappa shape index (κ3) is 4.19. The van der Waals surface area contributed by atoms with Crippen molar-refractivity contribution in [2.24, 2.45) is 5.14 Å². The second-order valence-corrected chi connectivity index (χ2v) is 6.75. The van der Waals surface area contributed by atoms with Gasteiger partial charge in [-0.15, -0.1) is 0 Å². The van der Waals surface area contributed by atoms with E-state index in [-0.39, 0.29) is 4.90 Å². The van der Waals surface area contributed by atoms with E-state index >= 15 is 0 Å². The van der Waals surface area contributed by atoms with Crippen LogP contribution in [-0.4, -0.2) is 39.6 Å². The number of nitrogens with zero attached hydrogens (tertiary/aromatic N) is 1. The lowest BCUT2D eigenvalue weighted by atomic mass is 10.1. The lowest BCUT2D eigenvalue weighted by Gasteiger charge is -2.26. The van der Waals surface area contributed by atoms with Crippen molar-refractivity contribution in [2.75, 3.05) is 26.2 Å². The van der Waals surface area contributed by atoms with Crippen molar-refractivity contribution in [1.82, 2.24) is 4.90 Å². The van der Waals surface area contributed by atoms with Crippen LogP contribution in [-0.2, 0) is 10.0 Å². The molecule has 1 aliphatic heterocycles. The molecule has 112 valence electrons. The van der Waals surface area contributed by atoms with E-state index in [1.54, 1.807) is 19.1 Å². The lowest BCUT2D eigenvalue weighted by molar-refractivity contribution is 0.183. The molecule has 0 aliphatic carbocycles. The number of hydrogen-bond acceptors (Lipinski definition) is 4. The van der Waals surface area contributed by atoms with Crippen LogP contribution in [0.1, 0.15) is 24.8 Å². The summed E-state index contributed by atoms with van der Waals surface area (Å²) in [6, 6.07) is 4.87. The molecule has 2 N–H and O–H groups in total. The van der Waals surface area contributed by atoms with Gasteiger partial charge in [0.15, 0.2) is 0 Å². The zero-order chi connectivity index (χ0) is 14.6. The van der Waals surface area contributed by atoms with Crippen molar-refractivity contribution in [1.29, 1.82) is 0 Å². The number of sulfonamides is 1. The van der Waals surface area contributed by atoms with Gasteiger partial charge in [0.1, 0.15) is 12.4 Å².